The molecule has 0 saturated carbocycles. The van der Waals surface area contributed by atoms with Crippen LogP contribution in [0.3, 0.4) is 0 Å². The molecular formula is C16H20N4O2. The van der Waals surface area contributed by atoms with Crippen molar-refractivity contribution in [2.45, 2.75) is 45.8 Å². The van der Waals surface area contributed by atoms with Crippen LogP contribution in [0.5, 0.6) is 0 Å². The maximum atomic E-state index is 12.1. The average Bonchev–Trinajstić information content (AvgIpc) is 2.79. The van der Waals surface area contributed by atoms with Crippen LogP contribution in [0.25, 0.3) is 10.9 Å². The van der Waals surface area contributed by atoms with E-state index in [4.69, 9.17) is 10.00 Å². The van der Waals surface area contributed by atoms with E-state index in [1.54, 1.807) is 26.1 Å². The first kappa shape index (κ1) is 15.8. The second-order valence-corrected chi connectivity index (χ2v) is 6.67. The fourth-order valence-electron chi connectivity index (χ4n) is 1.95. The summed E-state index contributed by atoms with van der Waals surface area (Å²) in [5.41, 5.74) is 0.208. The summed E-state index contributed by atoms with van der Waals surface area (Å²) in [4.78, 5) is 12.1. The van der Waals surface area contributed by atoms with Gasteiger partial charge in [0.2, 0.25) is 0 Å². The van der Waals surface area contributed by atoms with E-state index in [2.05, 4.69) is 16.5 Å². The fraction of sp³-hybridized carbons (Fsp3) is 0.438. The standard InChI is InChI=1S/C16H20N4O2/c1-15(2,3)22-14(21)20-13-7-6-12(8-11(13)9-18-20)19-16(4,5)10-17/h6-9,19H,1-5H3. The molecule has 0 aliphatic heterocycles. The van der Waals surface area contributed by atoms with E-state index < -0.39 is 17.2 Å². The molecule has 0 radical (unpaired) electrons. The molecule has 0 aliphatic rings. The van der Waals surface area contributed by atoms with Crippen molar-refractivity contribution in [2.75, 3.05) is 5.32 Å². The monoisotopic (exact) mass is 300 g/mol. The van der Waals surface area contributed by atoms with Gasteiger partial charge in [-0.1, -0.05) is 0 Å². The van der Waals surface area contributed by atoms with Crippen molar-refractivity contribution in [3.63, 3.8) is 0 Å². The SMILES string of the molecule is CC(C)(C#N)Nc1ccc2c(cnn2C(=O)OC(C)(C)C)c1. The molecule has 1 N–H and O–H groups in total. The van der Waals surface area contributed by atoms with Gasteiger partial charge in [-0.15, -0.1) is 0 Å². The van der Waals surface area contributed by atoms with Crippen molar-refractivity contribution in [1.82, 2.24) is 9.78 Å². The number of fused-ring (bicyclic) bond motifs is 1. The lowest BCUT2D eigenvalue weighted by Crippen LogP contribution is -2.28. The number of nitrogens with zero attached hydrogens (tertiary/aromatic N) is 3. The normalized spacial score (nSPS) is 12.0. The Hall–Kier alpha value is -2.55. The van der Waals surface area contributed by atoms with E-state index in [1.165, 1.54) is 4.68 Å². The van der Waals surface area contributed by atoms with E-state index in [1.807, 2.05) is 32.9 Å². The predicted molar refractivity (Wildman–Crippen MR) is 84.7 cm³/mol. The third-order valence-electron chi connectivity index (χ3n) is 2.87. The Kier molecular flexibility index (Phi) is 3.84. The zero-order valence-electron chi connectivity index (χ0n) is 13.5. The van der Waals surface area contributed by atoms with Gasteiger partial charge in [0.15, 0.2) is 0 Å². The summed E-state index contributed by atoms with van der Waals surface area (Å²) in [5, 5.41) is 17.1. The predicted octanol–water partition coefficient (Wildman–Crippen LogP) is 3.53. The lowest BCUT2D eigenvalue weighted by atomic mass is 10.1. The van der Waals surface area contributed by atoms with Crippen LogP contribution in [0.15, 0.2) is 24.4 Å². The summed E-state index contributed by atoms with van der Waals surface area (Å²) in [6.07, 6.45) is 1.09. The highest BCUT2D eigenvalue weighted by Gasteiger charge is 2.21. The highest BCUT2D eigenvalue weighted by molar-refractivity contribution is 5.89. The maximum Gasteiger partial charge on any atom is 0.435 e. The summed E-state index contributed by atoms with van der Waals surface area (Å²) in [6.45, 7) is 9.01. The summed E-state index contributed by atoms with van der Waals surface area (Å²) < 4.78 is 6.56. The zero-order chi connectivity index (χ0) is 16.5. The molecule has 6 nitrogen and oxygen atoms in total. The van der Waals surface area contributed by atoms with Gasteiger partial charge in [0.1, 0.15) is 11.1 Å². The Labute approximate surface area is 129 Å². The molecule has 0 saturated heterocycles. The van der Waals surface area contributed by atoms with Crippen molar-refractivity contribution < 1.29 is 9.53 Å². The fourth-order valence-corrected chi connectivity index (χ4v) is 1.95. The van der Waals surface area contributed by atoms with Gasteiger partial charge >= 0.3 is 6.09 Å². The van der Waals surface area contributed by atoms with Gasteiger partial charge in [0.25, 0.3) is 0 Å². The summed E-state index contributed by atoms with van der Waals surface area (Å²) in [5.74, 6) is 0. The van der Waals surface area contributed by atoms with Crippen LogP contribution in [0.4, 0.5) is 10.5 Å². The van der Waals surface area contributed by atoms with Crippen LogP contribution in [0.1, 0.15) is 34.6 Å². The molecule has 0 aliphatic carbocycles. The van der Waals surface area contributed by atoms with Gasteiger partial charge in [0, 0.05) is 11.1 Å². The molecule has 0 amide bonds. The largest absolute Gasteiger partial charge is 0.442 e. The molecule has 116 valence electrons. The molecule has 0 unspecified atom stereocenters. The Morgan fingerprint density at radius 2 is 2.00 bits per heavy atom. The molecule has 22 heavy (non-hydrogen) atoms. The molecule has 1 aromatic heterocycles. The Bertz CT molecular complexity index is 748. The van der Waals surface area contributed by atoms with Crippen molar-refractivity contribution in [3.8, 4) is 6.07 Å². The molecular weight excluding hydrogens is 280 g/mol. The van der Waals surface area contributed by atoms with Crippen LogP contribution >= 0.6 is 0 Å². The van der Waals surface area contributed by atoms with E-state index in [0.717, 1.165) is 11.1 Å². The third kappa shape index (κ3) is 3.55. The van der Waals surface area contributed by atoms with E-state index in [0.29, 0.717) is 5.52 Å². The molecule has 0 atom stereocenters. The first-order chi connectivity index (χ1) is 10.1. The number of hydrogen-bond donors (Lipinski definition) is 1. The molecule has 1 aromatic carbocycles. The van der Waals surface area contributed by atoms with Gasteiger partial charge < -0.3 is 10.1 Å². The first-order valence-corrected chi connectivity index (χ1v) is 7.02. The smallest absolute Gasteiger partial charge is 0.435 e. The minimum atomic E-state index is -0.672. The van der Waals surface area contributed by atoms with Crippen LogP contribution in [0, 0.1) is 11.3 Å². The highest BCUT2D eigenvalue weighted by Crippen LogP contribution is 2.22. The molecule has 2 aromatic rings. The molecule has 0 spiro atoms. The van der Waals surface area contributed by atoms with E-state index in [-0.39, 0.29) is 0 Å². The summed E-state index contributed by atoms with van der Waals surface area (Å²) in [7, 11) is 0. The molecule has 0 fully saturated rings. The Morgan fingerprint density at radius 3 is 2.59 bits per heavy atom. The lowest BCUT2D eigenvalue weighted by Gasteiger charge is -2.20. The number of carbonyl (C=O) groups excluding carboxylic acids is 1. The van der Waals surface area contributed by atoms with Crippen LogP contribution in [0.2, 0.25) is 0 Å². The topological polar surface area (TPSA) is 79.9 Å². The van der Waals surface area contributed by atoms with Crippen molar-refractivity contribution in [2.24, 2.45) is 0 Å². The number of benzene rings is 1. The van der Waals surface area contributed by atoms with E-state index >= 15 is 0 Å². The van der Waals surface area contributed by atoms with Crippen molar-refractivity contribution >= 4 is 22.7 Å². The minimum absolute atomic E-state index is 0.513. The van der Waals surface area contributed by atoms with Crippen LogP contribution in [-0.2, 0) is 4.74 Å². The second-order valence-electron chi connectivity index (χ2n) is 6.67. The first-order valence-electron chi connectivity index (χ1n) is 7.02. The van der Waals surface area contributed by atoms with Crippen LogP contribution in [-0.4, -0.2) is 27.0 Å². The number of anilines is 1. The molecule has 6 heteroatoms. The van der Waals surface area contributed by atoms with Gasteiger partial charge in [-0.2, -0.15) is 15.0 Å². The number of nitrogens with one attached hydrogen (secondary N) is 1. The maximum absolute atomic E-state index is 12.1. The minimum Gasteiger partial charge on any atom is -0.442 e. The number of ether oxygens (including phenoxy) is 1. The Morgan fingerprint density at radius 1 is 1.32 bits per heavy atom. The van der Waals surface area contributed by atoms with Crippen molar-refractivity contribution in [1.29, 1.82) is 5.26 Å². The van der Waals surface area contributed by atoms with Gasteiger partial charge in [0.05, 0.1) is 17.8 Å². The number of hydrogen-bond acceptors (Lipinski definition) is 5. The van der Waals surface area contributed by atoms with Crippen LogP contribution < -0.4 is 5.32 Å². The second kappa shape index (κ2) is 5.34. The van der Waals surface area contributed by atoms with Gasteiger partial charge in [-0.05, 0) is 52.8 Å². The van der Waals surface area contributed by atoms with Gasteiger partial charge in [-0.3, -0.25) is 0 Å². The summed E-state index contributed by atoms with van der Waals surface area (Å²) in [6, 6.07) is 7.62. The highest BCUT2D eigenvalue weighted by atomic mass is 16.6. The average molecular weight is 300 g/mol. The number of aromatic nitrogens is 2. The molecule has 1 heterocycles. The zero-order valence-corrected chi connectivity index (χ0v) is 13.5. The van der Waals surface area contributed by atoms with Crippen molar-refractivity contribution in [3.05, 3.63) is 24.4 Å². The van der Waals surface area contributed by atoms with Gasteiger partial charge in [-0.25, -0.2) is 4.79 Å². The Balaban J connectivity index is 2.31. The third-order valence-corrected chi connectivity index (χ3v) is 2.87. The number of nitriles is 1. The number of rotatable bonds is 2. The van der Waals surface area contributed by atoms with E-state index in [9.17, 15) is 4.79 Å². The summed E-state index contributed by atoms with van der Waals surface area (Å²) >= 11 is 0. The number of carbonyl (C=O) groups is 1. The lowest BCUT2D eigenvalue weighted by molar-refractivity contribution is 0.0523. The molecule has 0 bridgehead atoms. The quantitative estimate of drug-likeness (QED) is 0.917. The molecule has 2 rings (SSSR count).